The van der Waals surface area contributed by atoms with Crippen LogP contribution in [-0.2, 0) is 6.54 Å². The summed E-state index contributed by atoms with van der Waals surface area (Å²) in [5.74, 6) is -0.174. The molecular weight excluding hydrogens is 308 g/mol. The molecule has 114 valence electrons. The monoisotopic (exact) mass is 322 g/mol. The molecule has 0 aliphatic heterocycles. The molecule has 23 heavy (non-hydrogen) atoms. The van der Waals surface area contributed by atoms with Gasteiger partial charge >= 0.3 is 0 Å². The van der Waals surface area contributed by atoms with Crippen LogP contribution in [0, 0.1) is 0 Å². The smallest absolute Gasteiger partial charge is 0.270 e. The zero-order valence-electron chi connectivity index (χ0n) is 12.4. The Bertz CT molecular complexity index is 784. The van der Waals surface area contributed by atoms with E-state index < -0.39 is 0 Å². The van der Waals surface area contributed by atoms with Crippen molar-refractivity contribution in [2.24, 2.45) is 0 Å². The number of hydrogen-bond acceptors (Lipinski definition) is 2. The molecule has 0 saturated carbocycles. The van der Waals surface area contributed by atoms with E-state index >= 15 is 0 Å². The number of nitrogens with zero attached hydrogens (tertiary/aromatic N) is 1. The molecule has 0 bridgehead atoms. The van der Waals surface area contributed by atoms with Gasteiger partial charge < -0.3 is 5.32 Å². The fraction of sp³-hybridized carbons (Fsp3) is 0.0526. The van der Waals surface area contributed by atoms with Gasteiger partial charge in [-0.25, -0.2) is 0 Å². The molecule has 1 heterocycles. The molecule has 3 aromatic rings. The molecule has 1 N–H and O–H groups in total. The van der Waals surface area contributed by atoms with Crippen molar-refractivity contribution in [2.45, 2.75) is 6.54 Å². The molecule has 0 fully saturated rings. The Morgan fingerprint density at radius 1 is 0.913 bits per heavy atom. The zero-order chi connectivity index (χ0) is 16.1. The molecule has 4 heteroatoms. The molecule has 0 radical (unpaired) electrons. The molecular formula is C19H15ClN2O. The van der Waals surface area contributed by atoms with Gasteiger partial charge in [-0.3, -0.25) is 9.78 Å². The number of halogens is 1. The molecule has 0 aliphatic carbocycles. The highest BCUT2D eigenvalue weighted by atomic mass is 35.5. The van der Waals surface area contributed by atoms with Crippen LogP contribution < -0.4 is 5.32 Å². The number of benzene rings is 2. The first kappa shape index (κ1) is 15.3. The van der Waals surface area contributed by atoms with Gasteiger partial charge in [0.05, 0.1) is 0 Å². The summed E-state index contributed by atoms with van der Waals surface area (Å²) in [5.41, 5.74) is 3.68. The molecule has 3 nitrogen and oxygen atoms in total. The van der Waals surface area contributed by atoms with E-state index in [1.54, 1.807) is 24.4 Å². The van der Waals surface area contributed by atoms with E-state index in [0.29, 0.717) is 12.2 Å². The third-order valence-electron chi connectivity index (χ3n) is 3.48. The minimum atomic E-state index is -0.174. The van der Waals surface area contributed by atoms with Gasteiger partial charge in [0.25, 0.3) is 5.91 Å². The highest BCUT2D eigenvalue weighted by Gasteiger charge is 2.05. The van der Waals surface area contributed by atoms with Crippen molar-refractivity contribution in [1.82, 2.24) is 10.3 Å². The summed E-state index contributed by atoms with van der Waals surface area (Å²) in [6.45, 7) is 0.469. The van der Waals surface area contributed by atoms with E-state index in [4.69, 9.17) is 11.6 Å². The Balaban J connectivity index is 1.64. The largest absolute Gasteiger partial charge is 0.347 e. The fourth-order valence-electron chi connectivity index (χ4n) is 2.23. The average Bonchev–Trinajstić information content (AvgIpc) is 2.61. The summed E-state index contributed by atoms with van der Waals surface area (Å²) in [6.07, 6.45) is 1.61. The number of amides is 1. The minimum Gasteiger partial charge on any atom is -0.347 e. The number of carbonyl (C=O) groups is 1. The number of aromatic nitrogens is 1. The number of nitrogens with one attached hydrogen (secondary N) is 1. The number of pyridine rings is 1. The molecule has 0 atom stereocenters. The van der Waals surface area contributed by atoms with Crippen molar-refractivity contribution in [2.75, 3.05) is 0 Å². The van der Waals surface area contributed by atoms with Crippen LogP contribution in [0.1, 0.15) is 16.1 Å². The Labute approximate surface area is 140 Å². The first-order chi connectivity index (χ1) is 11.2. The van der Waals surface area contributed by atoms with Crippen LogP contribution in [-0.4, -0.2) is 10.9 Å². The summed E-state index contributed by atoms with van der Waals surface area (Å²) in [6, 6.07) is 21.1. The second kappa shape index (κ2) is 7.07. The molecule has 1 amide bonds. The van der Waals surface area contributed by atoms with Gasteiger partial charge in [-0.2, -0.15) is 0 Å². The Morgan fingerprint density at radius 2 is 1.57 bits per heavy atom. The second-order valence-electron chi connectivity index (χ2n) is 5.10. The van der Waals surface area contributed by atoms with Crippen LogP contribution in [0.15, 0.2) is 72.9 Å². The highest BCUT2D eigenvalue weighted by Crippen LogP contribution is 2.21. The lowest BCUT2D eigenvalue weighted by Crippen LogP contribution is -2.23. The maximum atomic E-state index is 12.0. The first-order valence-electron chi connectivity index (χ1n) is 7.26. The Hall–Kier alpha value is -2.65. The molecule has 0 spiro atoms. The van der Waals surface area contributed by atoms with Gasteiger partial charge in [-0.05, 0) is 41.0 Å². The lowest BCUT2D eigenvalue weighted by atomic mass is 10.0. The van der Waals surface area contributed by atoms with Crippen molar-refractivity contribution >= 4 is 17.5 Å². The lowest BCUT2D eigenvalue weighted by Gasteiger charge is -2.07. The summed E-state index contributed by atoms with van der Waals surface area (Å²) in [5, 5.41) is 3.59. The molecule has 3 rings (SSSR count). The van der Waals surface area contributed by atoms with E-state index in [2.05, 4.69) is 10.3 Å². The van der Waals surface area contributed by atoms with Crippen molar-refractivity contribution in [1.29, 1.82) is 0 Å². The van der Waals surface area contributed by atoms with Crippen molar-refractivity contribution in [3.05, 3.63) is 89.2 Å². The average molecular weight is 323 g/mol. The van der Waals surface area contributed by atoms with Gasteiger partial charge in [-0.15, -0.1) is 0 Å². The van der Waals surface area contributed by atoms with Crippen molar-refractivity contribution in [3.8, 4) is 11.1 Å². The molecule has 2 aromatic carbocycles. The Kier molecular flexibility index (Phi) is 4.69. The van der Waals surface area contributed by atoms with Crippen LogP contribution in [0.5, 0.6) is 0 Å². The maximum Gasteiger partial charge on any atom is 0.270 e. The quantitative estimate of drug-likeness (QED) is 0.776. The topological polar surface area (TPSA) is 42.0 Å². The van der Waals surface area contributed by atoms with Gasteiger partial charge in [-0.1, -0.05) is 54.1 Å². The van der Waals surface area contributed by atoms with E-state index in [1.165, 1.54) is 0 Å². The number of carbonyl (C=O) groups excluding carboxylic acids is 1. The van der Waals surface area contributed by atoms with Gasteiger partial charge in [0.15, 0.2) is 0 Å². The van der Waals surface area contributed by atoms with Crippen LogP contribution in [0.2, 0.25) is 5.02 Å². The maximum absolute atomic E-state index is 12.0. The third-order valence-corrected chi connectivity index (χ3v) is 3.73. The zero-order valence-corrected chi connectivity index (χ0v) is 13.1. The minimum absolute atomic E-state index is 0.174. The highest BCUT2D eigenvalue weighted by molar-refractivity contribution is 6.30. The van der Waals surface area contributed by atoms with Gasteiger partial charge in [0.1, 0.15) is 5.69 Å². The van der Waals surface area contributed by atoms with E-state index in [-0.39, 0.29) is 5.91 Å². The normalized spacial score (nSPS) is 10.3. The summed E-state index contributed by atoms with van der Waals surface area (Å²) in [7, 11) is 0. The molecule has 0 unspecified atom stereocenters. The van der Waals surface area contributed by atoms with Gasteiger partial charge in [0, 0.05) is 17.8 Å². The first-order valence-corrected chi connectivity index (χ1v) is 7.64. The van der Waals surface area contributed by atoms with E-state index in [1.807, 2.05) is 48.5 Å². The fourth-order valence-corrected chi connectivity index (χ4v) is 2.35. The molecule has 1 aromatic heterocycles. The van der Waals surface area contributed by atoms with Gasteiger partial charge in [0.2, 0.25) is 0 Å². The predicted octanol–water partition coefficient (Wildman–Crippen LogP) is 4.33. The SMILES string of the molecule is O=C(NCc1ccc(-c2ccc(Cl)cc2)cc1)c1ccccn1. The van der Waals surface area contributed by atoms with Crippen LogP contribution >= 0.6 is 11.6 Å². The lowest BCUT2D eigenvalue weighted by molar-refractivity contribution is 0.0946. The molecule has 0 aliphatic rings. The Morgan fingerprint density at radius 3 is 2.17 bits per heavy atom. The van der Waals surface area contributed by atoms with Crippen LogP contribution in [0.25, 0.3) is 11.1 Å². The molecule has 0 saturated heterocycles. The standard InChI is InChI=1S/C19H15ClN2O/c20-17-10-8-16(9-11-17)15-6-4-14(5-7-15)13-22-19(23)18-3-1-2-12-21-18/h1-12H,13H2,(H,22,23). The van der Waals surface area contributed by atoms with E-state index in [9.17, 15) is 4.79 Å². The summed E-state index contributed by atoms with van der Waals surface area (Å²) >= 11 is 5.90. The van der Waals surface area contributed by atoms with Crippen molar-refractivity contribution in [3.63, 3.8) is 0 Å². The second-order valence-corrected chi connectivity index (χ2v) is 5.54. The van der Waals surface area contributed by atoms with E-state index in [0.717, 1.165) is 21.7 Å². The summed E-state index contributed by atoms with van der Waals surface area (Å²) in [4.78, 5) is 16.0. The number of rotatable bonds is 4. The van der Waals surface area contributed by atoms with Crippen LogP contribution in [0.4, 0.5) is 0 Å². The predicted molar refractivity (Wildman–Crippen MR) is 92.3 cm³/mol. The summed E-state index contributed by atoms with van der Waals surface area (Å²) < 4.78 is 0. The van der Waals surface area contributed by atoms with Crippen LogP contribution in [0.3, 0.4) is 0 Å². The van der Waals surface area contributed by atoms with Crippen molar-refractivity contribution < 1.29 is 4.79 Å². The third kappa shape index (κ3) is 3.96. The number of hydrogen-bond donors (Lipinski definition) is 1.